The lowest BCUT2D eigenvalue weighted by Crippen LogP contribution is -2.53. The van der Waals surface area contributed by atoms with Crippen LogP contribution in [-0.4, -0.2) is 54.3 Å². The Bertz CT molecular complexity index is 741. The van der Waals surface area contributed by atoms with Gasteiger partial charge in [-0.3, -0.25) is 19.7 Å². The van der Waals surface area contributed by atoms with Gasteiger partial charge in [0.05, 0.1) is 6.42 Å². The first-order valence-electron chi connectivity index (χ1n) is 8.11. The number of benzene rings is 1. The number of hydrogen-bond acceptors (Lipinski definition) is 4. The van der Waals surface area contributed by atoms with Gasteiger partial charge in [0.2, 0.25) is 11.8 Å². The first-order valence-corrected chi connectivity index (χ1v) is 8.11. The average Bonchev–Trinajstić information content (AvgIpc) is 2.83. The van der Waals surface area contributed by atoms with Gasteiger partial charge in [-0.15, -0.1) is 0 Å². The Morgan fingerprint density at radius 2 is 1.80 bits per heavy atom. The fourth-order valence-electron chi connectivity index (χ4n) is 3.17. The van der Waals surface area contributed by atoms with Crippen molar-refractivity contribution in [1.82, 2.24) is 15.5 Å². The van der Waals surface area contributed by atoms with Crippen LogP contribution < -0.4 is 15.5 Å². The summed E-state index contributed by atoms with van der Waals surface area (Å²) in [6.07, 6.45) is -0.144. The van der Waals surface area contributed by atoms with Crippen LogP contribution in [0.15, 0.2) is 18.2 Å². The highest BCUT2D eigenvalue weighted by Gasteiger charge is 2.34. The van der Waals surface area contributed by atoms with Gasteiger partial charge in [-0.2, -0.15) is 0 Å². The second-order valence-electron chi connectivity index (χ2n) is 6.43. The quantitative estimate of drug-likeness (QED) is 0.759. The van der Waals surface area contributed by atoms with Crippen molar-refractivity contribution in [2.45, 2.75) is 26.3 Å². The van der Waals surface area contributed by atoms with Gasteiger partial charge in [0.15, 0.2) is 0 Å². The van der Waals surface area contributed by atoms with Gasteiger partial charge in [-0.25, -0.2) is 4.79 Å². The Balaban J connectivity index is 1.63. The highest BCUT2D eigenvalue weighted by atomic mass is 16.2. The zero-order valence-electron chi connectivity index (χ0n) is 14.2. The van der Waals surface area contributed by atoms with Gasteiger partial charge < -0.3 is 15.1 Å². The van der Waals surface area contributed by atoms with Gasteiger partial charge in [0.1, 0.15) is 12.6 Å². The first kappa shape index (κ1) is 16.9. The highest BCUT2D eigenvalue weighted by molar-refractivity contribution is 6.06. The maximum Gasteiger partial charge on any atom is 0.322 e. The zero-order chi connectivity index (χ0) is 18.1. The number of nitrogens with zero attached hydrogens (tertiary/aromatic N) is 2. The fraction of sp³-hybridized carbons (Fsp3) is 0.412. The minimum atomic E-state index is -0.868. The Hall–Kier alpha value is -2.90. The summed E-state index contributed by atoms with van der Waals surface area (Å²) in [4.78, 5) is 50.5. The Labute approximate surface area is 145 Å². The summed E-state index contributed by atoms with van der Waals surface area (Å²) in [5.41, 5.74) is 2.98. The summed E-state index contributed by atoms with van der Waals surface area (Å²) in [5, 5.41) is 4.48. The number of carbonyl (C=O) groups excluding carboxylic acids is 4. The maximum atomic E-state index is 12.5. The molecule has 2 fully saturated rings. The molecule has 0 spiro atoms. The van der Waals surface area contributed by atoms with Crippen LogP contribution in [0.4, 0.5) is 10.5 Å². The molecule has 0 saturated carbocycles. The van der Waals surface area contributed by atoms with Crippen LogP contribution in [0, 0.1) is 13.8 Å². The molecule has 2 aliphatic rings. The van der Waals surface area contributed by atoms with Gasteiger partial charge in [0, 0.05) is 18.8 Å². The molecule has 3 rings (SSSR count). The van der Waals surface area contributed by atoms with E-state index in [4.69, 9.17) is 0 Å². The summed E-state index contributed by atoms with van der Waals surface area (Å²) in [5.74, 6) is -1.00. The molecule has 0 unspecified atom stereocenters. The summed E-state index contributed by atoms with van der Waals surface area (Å²) >= 11 is 0. The minimum Gasteiger partial charge on any atom is -0.331 e. The van der Waals surface area contributed by atoms with Crippen molar-refractivity contribution in [3.8, 4) is 0 Å². The second kappa shape index (κ2) is 6.54. The normalized spacial score (nSPS) is 20.6. The second-order valence-corrected chi connectivity index (χ2v) is 6.43. The summed E-state index contributed by atoms with van der Waals surface area (Å²) < 4.78 is 0. The third-order valence-corrected chi connectivity index (χ3v) is 4.33. The number of nitrogens with one attached hydrogen (secondary N) is 2. The van der Waals surface area contributed by atoms with Crippen molar-refractivity contribution in [2.24, 2.45) is 0 Å². The lowest BCUT2D eigenvalue weighted by atomic mass is 10.1. The van der Waals surface area contributed by atoms with Crippen molar-refractivity contribution in [3.05, 3.63) is 29.3 Å². The van der Waals surface area contributed by atoms with Crippen LogP contribution in [0.2, 0.25) is 0 Å². The largest absolute Gasteiger partial charge is 0.331 e. The Morgan fingerprint density at radius 3 is 2.36 bits per heavy atom. The van der Waals surface area contributed by atoms with Crippen LogP contribution >= 0.6 is 0 Å². The smallest absolute Gasteiger partial charge is 0.322 e. The minimum absolute atomic E-state index is 0.0336. The number of imide groups is 1. The Kier molecular flexibility index (Phi) is 4.43. The van der Waals surface area contributed by atoms with Crippen molar-refractivity contribution < 1.29 is 19.2 Å². The van der Waals surface area contributed by atoms with E-state index >= 15 is 0 Å². The van der Waals surface area contributed by atoms with Crippen molar-refractivity contribution in [3.63, 3.8) is 0 Å². The molecule has 0 aromatic heterocycles. The SMILES string of the molecule is Cc1cc(C)cc(N2CCN(C(=O)C[C@H]3NC(=O)NC3=O)CC2=O)c1. The van der Waals surface area contributed by atoms with Crippen LogP contribution in [0.3, 0.4) is 0 Å². The number of carbonyl (C=O) groups is 4. The molecule has 8 nitrogen and oxygen atoms in total. The van der Waals surface area contributed by atoms with E-state index in [2.05, 4.69) is 10.6 Å². The third kappa shape index (κ3) is 3.62. The molecule has 2 N–H and O–H groups in total. The molecule has 25 heavy (non-hydrogen) atoms. The number of amides is 5. The molecule has 2 aliphatic heterocycles. The molecule has 0 radical (unpaired) electrons. The van der Waals surface area contributed by atoms with Gasteiger partial charge in [0.25, 0.3) is 5.91 Å². The van der Waals surface area contributed by atoms with E-state index in [1.807, 2.05) is 32.0 Å². The molecule has 132 valence electrons. The molecule has 8 heteroatoms. The van der Waals surface area contributed by atoms with E-state index in [0.717, 1.165) is 16.8 Å². The number of aryl methyl sites for hydroxylation is 2. The van der Waals surface area contributed by atoms with Crippen LogP contribution in [0.1, 0.15) is 17.5 Å². The number of anilines is 1. The molecule has 0 aliphatic carbocycles. The van der Waals surface area contributed by atoms with E-state index in [9.17, 15) is 19.2 Å². The van der Waals surface area contributed by atoms with E-state index in [0.29, 0.717) is 13.1 Å². The Morgan fingerprint density at radius 1 is 1.12 bits per heavy atom. The molecule has 2 heterocycles. The topological polar surface area (TPSA) is 98.8 Å². The van der Waals surface area contributed by atoms with Gasteiger partial charge >= 0.3 is 6.03 Å². The molecular formula is C17H20N4O4. The van der Waals surface area contributed by atoms with E-state index in [1.54, 1.807) is 4.90 Å². The predicted molar refractivity (Wildman–Crippen MR) is 89.9 cm³/mol. The number of piperazine rings is 1. The highest BCUT2D eigenvalue weighted by Crippen LogP contribution is 2.21. The first-order chi connectivity index (χ1) is 11.8. The molecule has 1 aromatic rings. The zero-order valence-corrected chi connectivity index (χ0v) is 14.2. The standard InChI is InChI=1S/C17H20N4O4/c1-10-5-11(2)7-12(6-10)21-4-3-20(9-15(21)23)14(22)8-13-16(24)19-17(25)18-13/h5-7,13H,3-4,8-9H2,1-2H3,(H2,18,19,24,25)/t13-/m1/s1. The lowest BCUT2D eigenvalue weighted by molar-refractivity contribution is -0.138. The summed E-state index contributed by atoms with van der Waals surface area (Å²) in [6.45, 7) is 4.70. The molecule has 5 amide bonds. The monoisotopic (exact) mass is 344 g/mol. The van der Waals surface area contributed by atoms with Crippen LogP contribution in [0.5, 0.6) is 0 Å². The average molecular weight is 344 g/mol. The molecule has 2 saturated heterocycles. The van der Waals surface area contributed by atoms with Crippen molar-refractivity contribution in [1.29, 1.82) is 0 Å². The lowest BCUT2D eigenvalue weighted by Gasteiger charge is -2.35. The number of urea groups is 1. The molecular weight excluding hydrogens is 324 g/mol. The van der Waals surface area contributed by atoms with Crippen LogP contribution in [0.25, 0.3) is 0 Å². The van der Waals surface area contributed by atoms with E-state index in [-0.39, 0.29) is 24.8 Å². The van der Waals surface area contributed by atoms with Crippen molar-refractivity contribution >= 4 is 29.4 Å². The number of hydrogen-bond donors (Lipinski definition) is 2. The fourth-order valence-corrected chi connectivity index (χ4v) is 3.17. The molecule has 1 atom stereocenters. The third-order valence-electron chi connectivity index (χ3n) is 4.33. The molecule has 1 aromatic carbocycles. The summed E-state index contributed by atoms with van der Waals surface area (Å²) in [6, 6.07) is 4.46. The van der Waals surface area contributed by atoms with Gasteiger partial charge in [-0.05, 0) is 37.1 Å². The van der Waals surface area contributed by atoms with E-state index in [1.165, 1.54) is 4.90 Å². The maximum absolute atomic E-state index is 12.5. The van der Waals surface area contributed by atoms with Crippen LogP contribution in [-0.2, 0) is 14.4 Å². The number of rotatable bonds is 3. The van der Waals surface area contributed by atoms with E-state index < -0.39 is 18.0 Å². The molecule has 0 bridgehead atoms. The van der Waals surface area contributed by atoms with Crippen molar-refractivity contribution in [2.75, 3.05) is 24.5 Å². The van der Waals surface area contributed by atoms with Gasteiger partial charge in [-0.1, -0.05) is 6.07 Å². The summed E-state index contributed by atoms with van der Waals surface area (Å²) in [7, 11) is 0. The predicted octanol–water partition coefficient (Wildman–Crippen LogP) is 0.0767.